The summed E-state index contributed by atoms with van der Waals surface area (Å²) in [6.07, 6.45) is -1.90. The Balaban J connectivity index is 1.25. The van der Waals surface area contributed by atoms with Crippen LogP contribution in [0, 0.1) is 5.92 Å². The number of aliphatic hydroxyl groups is 2. The molecule has 1 aliphatic heterocycles. The number of nitrogens with zero attached hydrogens (tertiary/aromatic N) is 1. The summed E-state index contributed by atoms with van der Waals surface area (Å²) in [7, 11) is 1.94. The molecule has 0 bridgehead atoms. The average molecular weight is 626 g/mol. The smallest absolute Gasteiger partial charge is 0.315 e. The van der Waals surface area contributed by atoms with Gasteiger partial charge in [0.1, 0.15) is 5.75 Å². The van der Waals surface area contributed by atoms with E-state index in [-0.39, 0.29) is 36.5 Å². The number of phenols is 1. The van der Waals surface area contributed by atoms with Crippen LogP contribution in [0.4, 0.5) is 4.79 Å². The van der Waals surface area contributed by atoms with Crippen LogP contribution in [0.15, 0.2) is 103 Å². The zero-order valence-electron chi connectivity index (χ0n) is 26.3. The van der Waals surface area contributed by atoms with Gasteiger partial charge in [-0.3, -0.25) is 0 Å². The van der Waals surface area contributed by atoms with Crippen molar-refractivity contribution < 1.29 is 29.6 Å². The highest BCUT2D eigenvalue weighted by molar-refractivity contribution is 5.73. The molecule has 5 atom stereocenters. The van der Waals surface area contributed by atoms with E-state index in [0.717, 1.165) is 27.8 Å². The van der Waals surface area contributed by atoms with Crippen molar-refractivity contribution in [2.24, 2.45) is 5.92 Å². The molecule has 0 aromatic heterocycles. The van der Waals surface area contributed by atoms with Crippen molar-refractivity contribution in [1.82, 2.24) is 15.5 Å². The normalized spacial score (nSPS) is 20.3. The van der Waals surface area contributed by atoms with E-state index < -0.39 is 12.4 Å². The molecule has 46 heavy (non-hydrogen) atoms. The van der Waals surface area contributed by atoms with Crippen LogP contribution in [0.25, 0.3) is 0 Å². The van der Waals surface area contributed by atoms with Gasteiger partial charge in [-0.25, -0.2) is 4.79 Å². The summed E-state index contributed by atoms with van der Waals surface area (Å²) in [6, 6.07) is 31.8. The van der Waals surface area contributed by atoms with E-state index in [1.807, 2.05) is 90.8 Å². The van der Waals surface area contributed by atoms with Gasteiger partial charge in [0.25, 0.3) is 0 Å². The summed E-state index contributed by atoms with van der Waals surface area (Å²) >= 11 is 0. The fourth-order valence-corrected chi connectivity index (χ4v) is 5.66. The molecule has 4 aromatic rings. The standard InChI is InChI=1S/C37H43N3O6/c1-25-34(23-40(2)22-33(43)31-9-6-10-32(42)19-31)45-36(46-35(25)29-15-13-28(24-41)14-16-29)30-17-11-27(12-18-30)21-39-37(44)38-20-26-7-4-3-5-8-26/h3-19,25,33-36,41-43H,20-24H2,1-2H3,(H2,38,39,44)/t25-,33-,34+,35+,36+/m1/s1. The third-order valence-corrected chi connectivity index (χ3v) is 8.36. The van der Waals surface area contributed by atoms with Gasteiger partial charge in [-0.1, -0.05) is 97.9 Å². The molecule has 0 radical (unpaired) electrons. The summed E-state index contributed by atoms with van der Waals surface area (Å²) in [6.45, 7) is 3.80. The van der Waals surface area contributed by atoms with Gasteiger partial charge in [0.2, 0.25) is 0 Å². The third-order valence-electron chi connectivity index (χ3n) is 8.36. The monoisotopic (exact) mass is 625 g/mol. The molecule has 0 saturated carbocycles. The van der Waals surface area contributed by atoms with Gasteiger partial charge in [-0.05, 0) is 47.0 Å². The Morgan fingerprint density at radius 3 is 2.11 bits per heavy atom. The maximum Gasteiger partial charge on any atom is 0.315 e. The van der Waals surface area contributed by atoms with Crippen molar-refractivity contribution in [3.8, 4) is 5.75 Å². The number of rotatable bonds is 12. The predicted octanol–water partition coefficient (Wildman–Crippen LogP) is 5.34. The van der Waals surface area contributed by atoms with E-state index in [1.54, 1.807) is 24.3 Å². The molecule has 4 aromatic carbocycles. The summed E-state index contributed by atoms with van der Waals surface area (Å²) in [5, 5.41) is 36.0. The molecule has 2 amide bonds. The van der Waals surface area contributed by atoms with E-state index in [9.17, 15) is 20.1 Å². The number of ether oxygens (including phenoxy) is 2. The lowest BCUT2D eigenvalue weighted by molar-refractivity contribution is -0.276. The first kappa shape index (κ1) is 33.1. The first-order valence-electron chi connectivity index (χ1n) is 15.6. The lowest BCUT2D eigenvalue weighted by Crippen LogP contribution is -2.44. The number of carbonyl (C=O) groups is 1. The molecular weight excluding hydrogens is 582 g/mol. The Bertz CT molecular complexity index is 1530. The molecule has 1 saturated heterocycles. The molecule has 0 aliphatic carbocycles. The molecule has 1 fully saturated rings. The topological polar surface area (TPSA) is 124 Å². The van der Waals surface area contributed by atoms with Crippen molar-refractivity contribution in [2.75, 3.05) is 20.1 Å². The highest BCUT2D eigenvalue weighted by Gasteiger charge is 2.39. The maximum absolute atomic E-state index is 12.3. The van der Waals surface area contributed by atoms with Crippen LogP contribution < -0.4 is 10.6 Å². The first-order valence-corrected chi connectivity index (χ1v) is 15.6. The summed E-state index contributed by atoms with van der Waals surface area (Å²) < 4.78 is 13.1. The van der Waals surface area contributed by atoms with E-state index in [4.69, 9.17) is 9.47 Å². The number of hydrogen-bond donors (Lipinski definition) is 5. The van der Waals surface area contributed by atoms with Gasteiger partial charge < -0.3 is 40.3 Å². The highest BCUT2D eigenvalue weighted by atomic mass is 16.7. The van der Waals surface area contributed by atoms with E-state index in [0.29, 0.717) is 31.7 Å². The van der Waals surface area contributed by atoms with Crippen LogP contribution in [-0.4, -0.2) is 52.5 Å². The van der Waals surface area contributed by atoms with E-state index >= 15 is 0 Å². The maximum atomic E-state index is 12.3. The number of amides is 2. The number of nitrogens with one attached hydrogen (secondary N) is 2. The summed E-state index contributed by atoms with van der Waals surface area (Å²) in [5.74, 6) is 0.0982. The fourth-order valence-electron chi connectivity index (χ4n) is 5.66. The van der Waals surface area contributed by atoms with Crippen LogP contribution >= 0.6 is 0 Å². The first-order chi connectivity index (χ1) is 22.3. The minimum atomic E-state index is -0.772. The van der Waals surface area contributed by atoms with Gasteiger partial charge in [0.15, 0.2) is 6.29 Å². The SMILES string of the molecule is C[C@@H]1[C@H](CN(C)C[C@@H](O)c2cccc(O)c2)O[C@H](c2ccc(CNC(=O)NCc3ccccc3)cc2)O[C@@H]1c1ccc(CO)cc1. The van der Waals surface area contributed by atoms with Crippen LogP contribution in [0.2, 0.25) is 0 Å². The predicted molar refractivity (Wildman–Crippen MR) is 175 cm³/mol. The van der Waals surface area contributed by atoms with Crippen molar-refractivity contribution in [3.05, 3.63) is 137 Å². The third kappa shape index (κ3) is 8.93. The quantitative estimate of drug-likeness (QED) is 0.144. The van der Waals surface area contributed by atoms with E-state index in [1.165, 1.54) is 0 Å². The van der Waals surface area contributed by atoms with Gasteiger partial charge in [0.05, 0.1) is 24.9 Å². The zero-order chi connectivity index (χ0) is 32.5. The zero-order valence-corrected chi connectivity index (χ0v) is 26.3. The van der Waals surface area contributed by atoms with Crippen molar-refractivity contribution in [3.63, 3.8) is 0 Å². The Kier molecular flexibility index (Phi) is 11.4. The number of phenolic OH excluding ortho intramolecular Hbond substituents is 1. The Hall–Kier alpha value is -4.25. The Labute approximate surface area is 270 Å². The lowest BCUT2D eigenvalue weighted by Gasteiger charge is -2.42. The van der Waals surface area contributed by atoms with Crippen molar-refractivity contribution in [2.45, 2.75) is 51.2 Å². The number of urea groups is 1. The summed E-state index contributed by atoms with van der Waals surface area (Å²) in [5.41, 5.74) is 5.30. The van der Waals surface area contributed by atoms with Crippen LogP contribution in [0.1, 0.15) is 58.8 Å². The number of aromatic hydroxyl groups is 1. The molecular formula is C37H43N3O6. The summed E-state index contributed by atoms with van der Waals surface area (Å²) in [4.78, 5) is 14.4. The highest BCUT2D eigenvalue weighted by Crippen LogP contribution is 2.42. The molecule has 0 unspecified atom stereocenters. The van der Waals surface area contributed by atoms with Gasteiger partial charge in [-0.2, -0.15) is 0 Å². The number of hydrogen-bond acceptors (Lipinski definition) is 7. The second-order valence-corrected chi connectivity index (χ2v) is 11.9. The second-order valence-electron chi connectivity index (χ2n) is 11.9. The molecule has 9 heteroatoms. The minimum Gasteiger partial charge on any atom is -0.508 e. The Morgan fingerprint density at radius 2 is 1.46 bits per heavy atom. The molecule has 9 nitrogen and oxygen atoms in total. The molecule has 1 heterocycles. The molecule has 5 N–H and O–H groups in total. The molecule has 5 rings (SSSR count). The number of aliphatic hydroxyl groups excluding tert-OH is 2. The van der Waals surface area contributed by atoms with E-state index in [2.05, 4.69) is 17.6 Å². The van der Waals surface area contributed by atoms with Crippen LogP contribution in [0.5, 0.6) is 5.75 Å². The van der Waals surface area contributed by atoms with Gasteiger partial charge >= 0.3 is 6.03 Å². The average Bonchev–Trinajstić information content (AvgIpc) is 3.08. The largest absolute Gasteiger partial charge is 0.508 e. The van der Waals surface area contributed by atoms with Crippen LogP contribution in [-0.2, 0) is 29.2 Å². The molecule has 1 aliphatic rings. The van der Waals surface area contributed by atoms with Gasteiger partial charge in [0, 0.05) is 37.7 Å². The van der Waals surface area contributed by atoms with Crippen molar-refractivity contribution in [1.29, 1.82) is 0 Å². The Morgan fingerprint density at radius 1 is 0.826 bits per heavy atom. The number of carbonyl (C=O) groups excluding carboxylic acids is 1. The number of benzene rings is 4. The molecule has 0 spiro atoms. The number of likely N-dealkylation sites (N-methyl/N-ethyl adjacent to an activating group) is 1. The lowest BCUT2D eigenvalue weighted by atomic mass is 9.90. The fraction of sp³-hybridized carbons (Fsp3) is 0.324. The van der Waals surface area contributed by atoms with Gasteiger partial charge in [-0.15, -0.1) is 0 Å². The minimum absolute atomic E-state index is 0.0190. The molecule has 242 valence electrons. The second kappa shape index (κ2) is 15.8. The van der Waals surface area contributed by atoms with Crippen LogP contribution in [0.3, 0.4) is 0 Å². The van der Waals surface area contributed by atoms with Crippen molar-refractivity contribution >= 4 is 6.03 Å².